The van der Waals surface area contributed by atoms with E-state index < -0.39 is 19.1 Å². The molecule has 1 nitrogen and oxygen atoms in total. The predicted molar refractivity (Wildman–Crippen MR) is 20.5 cm³/mol. The third-order valence-corrected chi connectivity index (χ3v) is 0.480. The second-order valence-electron chi connectivity index (χ2n) is 1.25. The Hall–Kier alpha value is -0.530. The first-order valence-corrected chi connectivity index (χ1v) is 1.98. The Kier molecular flexibility index (Phi) is 5.20. The standard InChI is InChI=1S/C3H2F6O.FH/c4-1(3(7,8)9)10-2(5)6;/h1-2H;1H. The fourth-order valence-electron chi connectivity index (χ4n) is 0.167. The molecule has 0 saturated heterocycles. The predicted octanol–water partition coefficient (Wildman–Crippen LogP) is 2.24. The summed E-state index contributed by atoms with van der Waals surface area (Å²) in [5.41, 5.74) is 0. The van der Waals surface area contributed by atoms with Gasteiger partial charge in [-0.05, 0) is 0 Å². The molecule has 0 aliphatic heterocycles. The molecule has 0 aromatic carbocycles. The Morgan fingerprint density at radius 2 is 1.36 bits per heavy atom. The van der Waals surface area contributed by atoms with Crippen molar-refractivity contribution in [2.45, 2.75) is 19.1 Å². The summed E-state index contributed by atoms with van der Waals surface area (Å²) >= 11 is 0. The van der Waals surface area contributed by atoms with Gasteiger partial charge in [-0.25, -0.2) is 4.39 Å². The number of ether oxygens (including phenoxy) is 1. The number of hydrogen-bond donors (Lipinski definition) is 0. The lowest BCUT2D eigenvalue weighted by Crippen LogP contribution is -2.28. The van der Waals surface area contributed by atoms with Gasteiger partial charge >= 0.3 is 12.8 Å². The topological polar surface area (TPSA) is 9.23 Å². The summed E-state index contributed by atoms with van der Waals surface area (Å²) < 4.78 is 68.5. The molecule has 0 radical (unpaired) electrons. The Balaban J connectivity index is 0. The van der Waals surface area contributed by atoms with Gasteiger partial charge in [0.15, 0.2) is 0 Å². The van der Waals surface area contributed by atoms with E-state index in [1.807, 2.05) is 0 Å². The smallest absolute Gasteiger partial charge is 0.279 e. The molecular weight excluding hydrogens is 185 g/mol. The first-order chi connectivity index (χ1) is 4.34. The molecule has 0 amide bonds. The van der Waals surface area contributed by atoms with E-state index >= 15 is 0 Å². The van der Waals surface area contributed by atoms with Gasteiger partial charge in [0.1, 0.15) is 0 Å². The third kappa shape index (κ3) is 5.89. The van der Waals surface area contributed by atoms with Crippen LogP contribution in [0, 0.1) is 0 Å². The summed E-state index contributed by atoms with van der Waals surface area (Å²) in [6, 6.07) is 0. The Labute approximate surface area is 56.3 Å². The van der Waals surface area contributed by atoms with E-state index in [1.54, 1.807) is 0 Å². The molecular formula is C3H3F7O. The van der Waals surface area contributed by atoms with Crippen molar-refractivity contribution in [1.29, 1.82) is 0 Å². The molecule has 0 N–H and O–H groups in total. The molecule has 0 rings (SSSR count). The van der Waals surface area contributed by atoms with Gasteiger partial charge in [-0.1, -0.05) is 0 Å². The molecule has 0 heterocycles. The number of alkyl halides is 6. The van der Waals surface area contributed by atoms with Crippen molar-refractivity contribution >= 4 is 0 Å². The van der Waals surface area contributed by atoms with Crippen molar-refractivity contribution in [1.82, 2.24) is 0 Å². The minimum Gasteiger partial charge on any atom is -0.279 e. The summed E-state index contributed by atoms with van der Waals surface area (Å²) in [4.78, 5) is 0. The maximum atomic E-state index is 11.3. The Bertz CT molecular complexity index is 98.3. The number of rotatable bonds is 2. The molecule has 0 saturated carbocycles. The highest BCUT2D eigenvalue weighted by atomic mass is 19.4. The fraction of sp³-hybridized carbons (Fsp3) is 1.00. The highest BCUT2D eigenvalue weighted by Gasteiger charge is 2.43. The van der Waals surface area contributed by atoms with Crippen LogP contribution in [0.2, 0.25) is 0 Å². The van der Waals surface area contributed by atoms with Crippen molar-refractivity contribution < 1.29 is 35.8 Å². The van der Waals surface area contributed by atoms with E-state index in [1.165, 1.54) is 0 Å². The molecule has 0 fully saturated rings. The summed E-state index contributed by atoms with van der Waals surface area (Å²) in [6.07, 6.45) is -9.29. The quantitative estimate of drug-likeness (QED) is 0.603. The van der Waals surface area contributed by atoms with Crippen LogP contribution in [0.4, 0.5) is 31.0 Å². The zero-order chi connectivity index (χ0) is 8.36. The summed E-state index contributed by atoms with van der Waals surface area (Å²) in [7, 11) is 0. The molecule has 0 aliphatic carbocycles. The maximum absolute atomic E-state index is 11.3. The van der Waals surface area contributed by atoms with E-state index in [4.69, 9.17) is 0 Å². The SMILES string of the molecule is F.FC(F)OC(F)C(F)(F)F. The lowest BCUT2D eigenvalue weighted by atomic mass is 10.7. The second-order valence-corrected chi connectivity index (χ2v) is 1.25. The van der Waals surface area contributed by atoms with Crippen LogP contribution in [0.3, 0.4) is 0 Å². The van der Waals surface area contributed by atoms with Crippen LogP contribution in [0.25, 0.3) is 0 Å². The molecule has 1 atom stereocenters. The van der Waals surface area contributed by atoms with Crippen LogP contribution < -0.4 is 0 Å². The summed E-state index contributed by atoms with van der Waals surface area (Å²) in [6.45, 7) is -3.75. The lowest BCUT2D eigenvalue weighted by Gasteiger charge is -2.11. The minimum absolute atomic E-state index is 0. The average molecular weight is 188 g/mol. The lowest BCUT2D eigenvalue weighted by molar-refractivity contribution is -0.312. The molecule has 0 bridgehead atoms. The van der Waals surface area contributed by atoms with Crippen molar-refractivity contribution in [3.05, 3.63) is 0 Å². The minimum atomic E-state index is -5.38. The first kappa shape index (κ1) is 13.1. The van der Waals surface area contributed by atoms with Gasteiger partial charge in [0.2, 0.25) is 0 Å². The number of hydrogen-bond acceptors (Lipinski definition) is 1. The van der Waals surface area contributed by atoms with Crippen LogP contribution >= 0.6 is 0 Å². The highest BCUT2D eigenvalue weighted by molar-refractivity contribution is 4.52. The molecule has 70 valence electrons. The van der Waals surface area contributed by atoms with E-state index in [0.717, 1.165) is 0 Å². The van der Waals surface area contributed by atoms with E-state index in [2.05, 4.69) is 4.74 Å². The molecule has 1 unspecified atom stereocenters. The van der Waals surface area contributed by atoms with Gasteiger partial charge in [0, 0.05) is 0 Å². The van der Waals surface area contributed by atoms with Crippen molar-refractivity contribution in [3.8, 4) is 0 Å². The van der Waals surface area contributed by atoms with Crippen LogP contribution in [0.15, 0.2) is 0 Å². The maximum Gasteiger partial charge on any atom is 0.445 e. The summed E-state index contributed by atoms with van der Waals surface area (Å²) in [5, 5.41) is 0. The Morgan fingerprint density at radius 3 is 1.45 bits per heavy atom. The van der Waals surface area contributed by atoms with E-state index in [0.29, 0.717) is 0 Å². The normalized spacial score (nSPS) is 14.5. The summed E-state index contributed by atoms with van der Waals surface area (Å²) in [5.74, 6) is 0. The second kappa shape index (κ2) is 4.37. The molecule has 0 aliphatic rings. The number of halogens is 7. The molecule has 11 heavy (non-hydrogen) atoms. The van der Waals surface area contributed by atoms with Gasteiger partial charge in [-0.15, -0.1) is 0 Å². The molecule has 0 spiro atoms. The van der Waals surface area contributed by atoms with E-state index in [9.17, 15) is 26.3 Å². The van der Waals surface area contributed by atoms with Gasteiger partial charge in [0.25, 0.3) is 6.36 Å². The van der Waals surface area contributed by atoms with E-state index in [-0.39, 0.29) is 4.70 Å². The van der Waals surface area contributed by atoms with Gasteiger partial charge < -0.3 is 0 Å². The van der Waals surface area contributed by atoms with Gasteiger partial charge in [0.05, 0.1) is 0 Å². The first-order valence-electron chi connectivity index (χ1n) is 1.98. The van der Waals surface area contributed by atoms with Crippen molar-refractivity contribution in [3.63, 3.8) is 0 Å². The zero-order valence-corrected chi connectivity index (χ0v) is 4.74. The fourth-order valence-corrected chi connectivity index (χ4v) is 0.167. The van der Waals surface area contributed by atoms with Crippen molar-refractivity contribution in [2.24, 2.45) is 0 Å². The van der Waals surface area contributed by atoms with Crippen LogP contribution in [0.5, 0.6) is 0 Å². The van der Waals surface area contributed by atoms with Crippen LogP contribution in [-0.4, -0.2) is 19.1 Å². The third-order valence-electron chi connectivity index (χ3n) is 0.480. The van der Waals surface area contributed by atoms with Gasteiger partial charge in [-0.2, -0.15) is 22.0 Å². The van der Waals surface area contributed by atoms with Crippen molar-refractivity contribution in [2.75, 3.05) is 0 Å². The highest BCUT2D eigenvalue weighted by Crippen LogP contribution is 2.24. The average Bonchev–Trinajstić information content (AvgIpc) is 1.60. The molecule has 0 aromatic heterocycles. The van der Waals surface area contributed by atoms with Crippen LogP contribution in [-0.2, 0) is 4.74 Å². The zero-order valence-electron chi connectivity index (χ0n) is 4.74. The Morgan fingerprint density at radius 1 is 1.00 bits per heavy atom. The molecule has 0 aromatic rings. The molecule has 8 heteroatoms. The largest absolute Gasteiger partial charge is 0.445 e. The van der Waals surface area contributed by atoms with Crippen LogP contribution in [0.1, 0.15) is 0 Å². The monoisotopic (exact) mass is 188 g/mol. The van der Waals surface area contributed by atoms with Gasteiger partial charge in [-0.3, -0.25) is 9.44 Å².